The molecule has 2 nitrogen and oxygen atoms in total. The number of halogens is 1. The van der Waals surface area contributed by atoms with Gasteiger partial charge in [-0.15, -0.1) is 0 Å². The summed E-state index contributed by atoms with van der Waals surface area (Å²) in [6.07, 6.45) is 11.5. The Kier molecular flexibility index (Phi) is 5.28. The van der Waals surface area contributed by atoms with E-state index in [1.807, 2.05) is 13.8 Å². The number of rotatable bonds is 4. The van der Waals surface area contributed by atoms with Gasteiger partial charge in [-0.25, -0.2) is 0 Å². The molecule has 0 fully saturated rings. The number of hydrogen-bond acceptors (Lipinski definition) is 4. The van der Waals surface area contributed by atoms with Gasteiger partial charge in [0.2, 0.25) is 0 Å². The number of aryl methyl sites for hydroxylation is 3. The van der Waals surface area contributed by atoms with E-state index in [2.05, 4.69) is 62.4 Å². The average Bonchev–Trinajstić information content (AvgIpc) is 3.59. The first kappa shape index (κ1) is 22.1. The van der Waals surface area contributed by atoms with Crippen LogP contribution in [0.3, 0.4) is 0 Å². The quantitative estimate of drug-likeness (QED) is 0.226. The van der Waals surface area contributed by atoms with Crippen molar-refractivity contribution in [3.8, 4) is 9.75 Å². The first-order valence-corrected chi connectivity index (χ1v) is 15.1. The minimum absolute atomic E-state index is 0.111. The summed E-state index contributed by atoms with van der Waals surface area (Å²) >= 11 is 2.99. The third kappa shape index (κ3) is 3.10. The van der Waals surface area contributed by atoms with Gasteiger partial charge < -0.3 is 0 Å². The standard InChI is InChI=1S/C29H22IO2S2/c1-5-6-7-8-9-17-12-18-26(30-17)22-15(3)24-25(16(4)23(22)27(18)31)29-19(28(24)32)13-21(34-29)20-11-10-14(2)33-20/h6-13H,5H2,1-4H3/q-1/b7-6+,9-8+. The Morgan fingerprint density at radius 3 is 2.38 bits per heavy atom. The molecule has 0 N–H and O–H groups in total. The molecule has 0 bridgehead atoms. The van der Waals surface area contributed by atoms with Crippen molar-refractivity contribution < 1.29 is 21.2 Å². The maximum atomic E-state index is 13.6. The van der Waals surface area contributed by atoms with Crippen molar-refractivity contribution >= 4 is 60.4 Å². The second kappa shape index (κ2) is 8.11. The SMILES string of the molecule is CC/C=C/C=C/C1=Cc2c(c3c(C)c4c(=O)c5cc(-c6ccc(C)s6)sc5c4c(C)c3c2=O)[I-]1. The molecule has 0 aliphatic carbocycles. The van der Waals surface area contributed by atoms with Crippen LogP contribution in [0.2, 0.25) is 0 Å². The van der Waals surface area contributed by atoms with Gasteiger partial charge in [0.1, 0.15) is 0 Å². The van der Waals surface area contributed by atoms with Crippen molar-refractivity contribution in [1.82, 2.24) is 0 Å². The Bertz CT molecular complexity index is 1830. The summed E-state index contributed by atoms with van der Waals surface area (Å²) in [6, 6.07) is 6.31. The molecule has 0 atom stereocenters. The normalized spacial score (nSPS) is 14.3. The summed E-state index contributed by atoms with van der Waals surface area (Å²) in [6.45, 7) is 8.29. The van der Waals surface area contributed by atoms with Crippen LogP contribution >= 0.6 is 22.7 Å². The van der Waals surface area contributed by atoms with E-state index in [-0.39, 0.29) is 10.9 Å². The van der Waals surface area contributed by atoms with Crippen LogP contribution in [0.1, 0.15) is 34.9 Å². The van der Waals surface area contributed by atoms with Gasteiger partial charge in [-0.05, 0) is 0 Å². The van der Waals surface area contributed by atoms with Gasteiger partial charge in [-0.3, -0.25) is 0 Å². The summed E-state index contributed by atoms with van der Waals surface area (Å²) in [5.74, 6) is 0. The number of hydrogen-bond donors (Lipinski definition) is 0. The molecule has 5 heteroatoms. The zero-order valence-electron chi connectivity index (χ0n) is 19.3. The summed E-state index contributed by atoms with van der Waals surface area (Å²) in [5.41, 5.74) is 3.05. The average molecular weight is 594 g/mol. The van der Waals surface area contributed by atoms with Crippen LogP contribution in [0.5, 0.6) is 0 Å². The zero-order chi connectivity index (χ0) is 23.7. The first-order chi connectivity index (χ1) is 16.4. The van der Waals surface area contributed by atoms with E-state index in [0.29, 0.717) is 0 Å². The second-order valence-electron chi connectivity index (χ2n) is 8.72. The fourth-order valence-corrected chi connectivity index (χ4v) is 10.3. The molecule has 2 aromatic heterocycles. The molecule has 0 amide bonds. The fraction of sp³-hybridized carbons (Fsp3) is 0.172. The topological polar surface area (TPSA) is 34.1 Å². The van der Waals surface area contributed by atoms with Crippen molar-refractivity contribution in [2.45, 2.75) is 34.1 Å². The van der Waals surface area contributed by atoms with Crippen LogP contribution in [0, 0.1) is 24.3 Å². The van der Waals surface area contributed by atoms with Crippen LogP contribution in [-0.4, -0.2) is 0 Å². The third-order valence-electron chi connectivity index (χ3n) is 6.57. The molecule has 0 saturated carbocycles. The summed E-state index contributed by atoms with van der Waals surface area (Å²) in [5, 5.41) is 4.47. The number of benzene rings is 1. The molecule has 6 rings (SSSR count). The second-order valence-corrected chi connectivity index (χ2v) is 13.9. The van der Waals surface area contributed by atoms with Gasteiger partial charge in [0, 0.05) is 0 Å². The number of thiophene rings is 2. The van der Waals surface area contributed by atoms with Crippen LogP contribution < -0.4 is 32.1 Å². The zero-order valence-corrected chi connectivity index (χ0v) is 23.1. The Balaban J connectivity index is 1.60. The Hall–Kier alpha value is -2.35. The minimum atomic E-state index is -0.447. The van der Waals surface area contributed by atoms with Crippen LogP contribution in [0.25, 0.3) is 47.5 Å². The number of fused-ring (bicyclic) bond motifs is 6. The summed E-state index contributed by atoms with van der Waals surface area (Å²) in [7, 11) is 0. The van der Waals surface area contributed by atoms with Crippen molar-refractivity contribution in [2.75, 3.05) is 0 Å². The van der Waals surface area contributed by atoms with Gasteiger partial charge in [0.05, 0.1) is 0 Å². The van der Waals surface area contributed by atoms with Crippen LogP contribution in [-0.2, 0) is 0 Å². The number of allylic oxidation sites excluding steroid dienone is 5. The molecule has 0 unspecified atom stereocenters. The summed E-state index contributed by atoms with van der Waals surface area (Å²) < 4.78 is 3.47. The predicted molar refractivity (Wildman–Crippen MR) is 145 cm³/mol. The monoisotopic (exact) mass is 593 g/mol. The van der Waals surface area contributed by atoms with Crippen LogP contribution in [0.4, 0.5) is 0 Å². The van der Waals surface area contributed by atoms with Gasteiger partial charge in [-0.2, -0.15) is 0 Å². The van der Waals surface area contributed by atoms with Crippen molar-refractivity contribution in [3.63, 3.8) is 0 Å². The molecule has 170 valence electrons. The molecule has 5 aromatic rings. The molecule has 0 spiro atoms. The molecule has 0 radical (unpaired) electrons. The van der Waals surface area contributed by atoms with Gasteiger partial charge in [-0.1, -0.05) is 0 Å². The molecular formula is C29H22IO2S2-. The fourth-order valence-electron chi connectivity index (χ4n) is 5.01. The molecular weight excluding hydrogens is 571 g/mol. The Morgan fingerprint density at radius 2 is 1.65 bits per heavy atom. The predicted octanol–water partition coefficient (Wildman–Crippen LogP) is 4.59. The van der Waals surface area contributed by atoms with E-state index >= 15 is 0 Å². The van der Waals surface area contributed by atoms with E-state index in [4.69, 9.17) is 0 Å². The van der Waals surface area contributed by atoms with E-state index in [9.17, 15) is 9.59 Å². The van der Waals surface area contributed by atoms with Crippen molar-refractivity contribution in [1.29, 1.82) is 0 Å². The van der Waals surface area contributed by atoms with E-state index < -0.39 is 21.2 Å². The molecule has 3 heterocycles. The van der Waals surface area contributed by atoms with E-state index in [0.717, 1.165) is 59.6 Å². The molecule has 1 aliphatic rings. The Morgan fingerprint density at radius 1 is 0.882 bits per heavy atom. The summed E-state index contributed by atoms with van der Waals surface area (Å²) in [4.78, 5) is 30.8. The molecule has 0 saturated heterocycles. The van der Waals surface area contributed by atoms with E-state index in [1.165, 1.54) is 16.9 Å². The third-order valence-corrected chi connectivity index (χ3v) is 11.9. The molecule has 3 aromatic carbocycles. The maximum absolute atomic E-state index is 13.6. The van der Waals surface area contributed by atoms with Gasteiger partial charge in [0.25, 0.3) is 0 Å². The van der Waals surface area contributed by atoms with Crippen molar-refractivity contribution in [3.05, 3.63) is 91.7 Å². The van der Waals surface area contributed by atoms with E-state index in [1.54, 1.807) is 22.7 Å². The van der Waals surface area contributed by atoms with Gasteiger partial charge in [0.15, 0.2) is 0 Å². The van der Waals surface area contributed by atoms with Crippen LogP contribution in [0.15, 0.2) is 55.7 Å². The van der Waals surface area contributed by atoms with Gasteiger partial charge >= 0.3 is 217 Å². The molecule has 34 heavy (non-hydrogen) atoms. The van der Waals surface area contributed by atoms with Crippen molar-refractivity contribution in [2.24, 2.45) is 0 Å². The first-order valence-electron chi connectivity index (χ1n) is 11.3. The molecule has 1 aliphatic heterocycles. The Labute approximate surface area is 215 Å².